The molecule has 0 aliphatic heterocycles. The van der Waals surface area contributed by atoms with Gasteiger partial charge in [0.15, 0.2) is 0 Å². The Balaban J connectivity index is 2.29. The van der Waals surface area contributed by atoms with Gasteiger partial charge in [-0.3, -0.25) is 4.79 Å². The van der Waals surface area contributed by atoms with Crippen molar-refractivity contribution in [3.63, 3.8) is 0 Å². The lowest BCUT2D eigenvalue weighted by Crippen LogP contribution is -2.12. The highest BCUT2D eigenvalue weighted by Gasteiger charge is 2.47. The molecule has 0 amide bonds. The molecule has 1 aliphatic carbocycles. The van der Waals surface area contributed by atoms with Crippen molar-refractivity contribution in [2.24, 2.45) is 11.8 Å². The fourth-order valence-corrected chi connectivity index (χ4v) is 1.24. The maximum atomic E-state index is 12.3. The number of carbonyl (C=O) groups is 1. The van der Waals surface area contributed by atoms with E-state index in [9.17, 15) is 13.6 Å². The molecule has 11 heavy (non-hydrogen) atoms. The Bertz CT molecular complexity index is 174. The van der Waals surface area contributed by atoms with Gasteiger partial charge in [-0.15, -0.1) is 0 Å². The number of aliphatic carboxylic acids is 1. The molecule has 0 heterocycles. The van der Waals surface area contributed by atoms with Crippen molar-refractivity contribution in [1.29, 1.82) is 0 Å². The van der Waals surface area contributed by atoms with Gasteiger partial charge in [0, 0.05) is 6.42 Å². The van der Waals surface area contributed by atoms with Crippen LogP contribution in [0, 0.1) is 11.8 Å². The molecule has 0 radical (unpaired) electrons. The fraction of sp³-hybridized carbons (Fsp3) is 0.857. The zero-order valence-corrected chi connectivity index (χ0v) is 6.18. The summed E-state index contributed by atoms with van der Waals surface area (Å²) in [4.78, 5) is 10.2. The number of alkyl halides is 2. The van der Waals surface area contributed by atoms with E-state index < -0.39 is 17.8 Å². The van der Waals surface area contributed by atoms with E-state index in [0.717, 1.165) is 6.92 Å². The van der Waals surface area contributed by atoms with Gasteiger partial charge >= 0.3 is 5.97 Å². The lowest BCUT2D eigenvalue weighted by Gasteiger charge is -2.07. The minimum Gasteiger partial charge on any atom is -0.481 e. The molecule has 0 unspecified atom stereocenters. The van der Waals surface area contributed by atoms with Crippen molar-refractivity contribution in [2.75, 3.05) is 0 Å². The van der Waals surface area contributed by atoms with Crippen LogP contribution in [0.5, 0.6) is 0 Å². The van der Waals surface area contributed by atoms with Crippen LogP contribution < -0.4 is 0 Å². The van der Waals surface area contributed by atoms with Crippen molar-refractivity contribution in [1.82, 2.24) is 0 Å². The standard InChI is InChI=1S/C7H10F2O2/c1-7(8,9)3-4-2-5(4)6(10)11/h4-5H,2-3H2,1H3,(H,10,11)/t4-,5+/m1/s1. The van der Waals surface area contributed by atoms with Gasteiger partial charge in [-0.05, 0) is 19.3 Å². The Kier molecular flexibility index (Phi) is 1.86. The summed E-state index contributed by atoms with van der Waals surface area (Å²) in [6, 6.07) is 0. The Morgan fingerprint density at radius 3 is 2.55 bits per heavy atom. The second-order valence-corrected chi connectivity index (χ2v) is 3.21. The average Bonchev–Trinajstić information content (AvgIpc) is 2.40. The van der Waals surface area contributed by atoms with Crippen molar-refractivity contribution < 1.29 is 18.7 Å². The van der Waals surface area contributed by atoms with Gasteiger partial charge in [-0.2, -0.15) is 0 Å². The minimum absolute atomic E-state index is 0.288. The molecular formula is C7H10F2O2. The van der Waals surface area contributed by atoms with Crippen LogP contribution >= 0.6 is 0 Å². The van der Waals surface area contributed by atoms with E-state index in [2.05, 4.69) is 0 Å². The first-order valence-corrected chi connectivity index (χ1v) is 3.51. The van der Waals surface area contributed by atoms with E-state index in [1.807, 2.05) is 0 Å². The topological polar surface area (TPSA) is 37.3 Å². The molecule has 64 valence electrons. The third-order valence-electron chi connectivity index (χ3n) is 1.86. The molecule has 1 N–H and O–H groups in total. The van der Waals surface area contributed by atoms with Gasteiger partial charge in [-0.25, -0.2) is 8.78 Å². The second-order valence-electron chi connectivity index (χ2n) is 3.21. The largest absolute Gasteiger partial charge is 0.481 e. The number of hydrogen-bond acceptors (Lipinski definition) is 1. The Morgan fingerprint density at radius 2 is 2.27 bits per heavy atom. The monoisotopic (exact) mass is 164 g/mol. The van der Waals surface area contributed by atoms with Gasteiger partial charge in [0.05, 0.1) is 5.92 Å². The lowest BCUT2D eigenvalue weighted by molar-refractivity contribution is -0.139. The van der Waals surface area contributed by atoms with Crippen LogP contribution in [0.1, 0.15) is 19.8 Å². The zero-order valence-electron chi connectivity index (χ0n) is 6.18. The summed E-state index contributed by atoms with van der Waals surface area (Å²) < 4.78 is 24.5. The SMILES string of the molecule is CC(F)(F)C[C@H]1C[C@@H]1C(=O)O. The Morgan fingerprint density at radius 1 is 1.73 bits per heavy atom. The third-order valence-corrected chi connectivity index (χ3v) is 1.86. The van der Waals surface area contributed by atoms with Gasteiger partial charge in [-0.1, -0.05) is 0 Å². The predicted octanol–water partition coefficient (Wildman–Crippen LogP) is 1.75. The fourth-order valence-electron chi connectivity index (χ4n) is 1.24. The van der Waals surface area contributed by atoms with Crippen molar-refractivity contribution in [3.8, 4) is 0 Å². The summed E-state index contributed by atoms with van der Waals surface area (Å²) in [5, 5.41) is 8.38. The highest BCUT2D eigenvalue weighted by Crippen LogP contribution is 2.45. The molecule has 1 rings (SSSR count). The van der Waals surface area contributed by atoms with E-state index in [1.54, 1.807) is 0 Å². The molecule has 2 nitrogen and oxygen atoms in total. The number of hydrogen-bond donors (Lipinski definition) is 1. The molecule has 0 saturated heterocycles. The minimum atomic E-state index is -2.71. The normalized spacial score (nSPS) is 30.1. The Labute approximate surface area is 63.2 Å². The molecule has 0 bridgehead atoms. The molecule has 4 heteroatoms. The van der Waals surface area contributed by atoms with Gasteiger partial charge in [0.2, 0.25) is 5.92 Å². The van der Waals surface area contributed by atoms with Crippen LogP contribution in [0.2, 0.25) is 0 Å². The third kappa shape index (κ3) is 2.44. The maximum Gasteiger partial charge on any atom is 0.306 e. The van der Waals surface area contributed by atoms with Crippen LogP contribution in [-0.2, 0) is 4.79 Å². The van der Waals surface area contributed by atoms with Crippen molar-refractivity contribution >= 4 is 5.97 Å². The predicted molar refractivity (Wildman–Crippen MR) is 34.5 cm³/mol. The van der Waals surface area contributed by atoms with Gasteiger partial charge in [0.1, 0.15) is 0 Å². The molecular weight excluding hydrogens is 154 g/mol. The van der Waals surface area contributed by atoms with E-state index >= 15 is 0 Å². The highest BCUT2D eigenvalue weighted by atomic mass is 19.3. The van der Waals surface area contributed by atoms with Crippen LogP contribution in [0.3, 0.4) is 0 Å². The number of halogens is 2. The average molecular weight is 164 g/mol. The highest BCUT2D eigenvalue weighted by molar-refractivity contribution is 5.73. The summed E-state index contributed by atoms with van der Waals surface area (Å²) in [5.41, 5.74) is 0. The molecule has 0 spiro atoms. The van der Waals surface area contributed by atoms with Crippen molar-refractivity contribution in [3.05, 3.63) is 0 Å². The number of rotatable bonds is 3. The smallest absolute Gasteiger partial charge is 0.306 e. The summed E-state index contributed by atoms with van der Waals surface area (Å²) >= 11 is 0. The van der Waals surface area contributed by atoms with Crippen LogP contribution in [0.15, 0.2) is 0 Å². The molecule has 1 aliphatic rings. The Hall–Kier alpha value is -0.670. The van der Waals surface area contributed by atoms with E-state index in [-0.39, 0.29) is 12.3 Å². The summed E-state index contributed by atoms with van der Waals surface area (Å²) in [5.74, 6) is -4.47. The molecule has 1 saturated carbocycles. The van der Waals surface area contributed by atoms with Crippen LogP contribution in [0.25, 0.3) is 0 Å². The van der Waals surface area contributed by atoms with Crippen molar-refractivity contribution in [2.45, 2.75) is 25.7 Å². The summed E-state index contributed by atoms with van der Waals surface area (Å²) in [6.07, 6.45) is 0.128. The first kappa shape index (κ1) is 8.43. The van der Waals surface area contributed by atoms with Crippen LogP contribution in [-0.4, -0.2) is 17.0 Å². The maximum absolute atomic E-state index is 12.3. The molecule has 2 atom stereocenters. The summed E-state index contributed by atoms with van der Waals surface area (Å²) in [6.45, 7) is 0.824. The molecule has 0 aromatic rings. The molecule has 0 aromatic carbocycles. The number of carboxylic acid groups (broad SMARTS) is 1. The quantitative estimate of drug-likeness (QED) is 0.689. The van der Waals surface area contributed by atoms with E-state index in [0.29, 0.717) is 6.42 Å². The van der Waals surface area contributed by atoms with E-state index in [1.165, 1.54) is 0 Å². The van der Waals surface area contributed by atoms with Crippen LogP contribution in [0.4, 0.5) is 8.78 Å². The second kappa shape index (κ2) is 2.43. The van der Waals surface area contributed by atoms with Gasteiger partial charge < -0.3 is 5.11 Å². The van der Waals surface area contributed by atoms with Gasteiger partial charge in [0.25, 0.3) is 0 Å². The first-order valence-electron chi connectivity index (χ1n) is 3.51. The molecule has 1 fully saturated rings. The van der Waals surface area contributed by atoms with E-state index in [4.69, 9.17) is 5.11 Å². The lowest BCUT2D eigenvalue weighted by atomic mass is 10.1. The first-order chi connectivity index (χ1) is 4.90. The summed E-state index contributed by atoms with van der Waals surface area (Å²) in [7, 11) is 0. The zero-order chi connectivity index (χ0) is 8.65. The molecule has 0 aromatic heterocycles. The number of carboxylic acids is 1.